The molecular formula is C28H37FN4O4. The van der Waals surface area contributed by atoms with Crippen molar-refractivity contribution in [1.29, 1.82) is 0 Å². The molecule has 3 amide bonds. The Morgan fingerprint density at radius 2 is 1.68 bits per heavy atom. The van der Waals surface area contributed by atoms with Gasteiger partial charge in [-0.3, -0.25) is 14.4 Å². The number of benzene rings is 2. The second kappa shape index (κ2) is 14.3. The van der Waals surface area contributed by atoms with Gasteiger partial charge in [0.1, 0.15) is 18.2 Å². The molecule has 2 aliphatic rings. The maximum atomic E-state index is 12.8. The molecule has 1 unspecified atom stereocenters. The number of carbonyl (C=O) groups is 3. The number of hydrogen-bond acceptors (Lipinski definition) is 5. The van der Waals surface area contributed by atoms with E-state index in [4.69, 9.17) is 4.74 Å². The van der Waals surface area contributed by atoms with E-state index < -0.39 is 0 Å². The van der Waals surface area contributed by atoms with Gasteiger partial charge in [-0.1, -0.05) is 35.9 Å². The van der Waals surface area contributed by atoms with E-state index >= 15 is 0 Å². The van der Waals surface area contributed by atoms with Gasteiger partial charge in [0.15, 0.2) is 0 Å². The molecule has 1 fully saturated rings. The number of rotatable bonds is 1. The Balaban J connectivity index is 0.000000405. The van der Waals surface area contributed by atoms with Crippen LogP contribution in [0, 0.1) is 18.7 Å². The third kappa shape index (κ3) is 9.84. The Morgan fingerprint density at radius 3 is 2.38 bits per heavy atom. The van der Waals surface area contributed by atoms with Gasteiger partial charge in [-0.25, -0.2) is 4.39 Å². The summed E-state index contributed by atoms with van der Waals surface area (Å²) in [7, 11) is 1.62. The standard InChI is InChI=1S/C21H30N4O4.C7H7F/c1-25-14-19(27)24-13-18(26)22-10-4-6-15-5-2-3-7-17(15)29-12-11-23-20(21(25)28)16-8-9-16;1-6-2-4-7(8)5-3-6/h2-3,5,7,16,20,23H,4,6,8-14H2,1H3,(H,22,26)(H,24,27);2-5H,1H3. The number of nitrogens with one attached hydrogen (secondary N) is 3. The van der Waals surface area contributed by atoms with Crippen molar-refractivity contribution < 1.29 is 23.5 Å². The molecule has 4 rings (SSSR count). The van der Waals surface area contributed by atoms with Crippen LogP contribution in [0.3, 0.4) is 0 Å². The highest BCUT2D eigenvalue weighted by molar-refractivity contribution is 5.89. The summed E-state index contributed by atoms with van der Waals surface area (Å²) in [6.07, 6.45) is 3.57. The van der Waals surface area contributed by atoms with Gasteiger partial charge in [0.2, 0.25) is 17.7 Å². The predicted octanol–water partition coefficient (Wildman–Crippen LogP) is 2.20. The normalized spacial score (nSPS) is 20.1. The van der Waals surface area contributed by atoms with Crippen LogP contribution in [0.4, 0.5) is 4.39 Å². The van der Waals surface area contributed by atoms with Gasteiger partial charge in [-0.05, 0) is 62.3 Å². The van der Waals surface area contributed by atoms with E-state index in [9.17, 15) is 18.8 Å². The first kappa shape index (κ1) is 28.1. The lowest BCUT2D eigenvalue weighted by Gasteiger charge is -2.24. The Labute approximate surface area is 217 Å². The number of halogens is 1. The average Bonchev–Trinajstić information content (AvgIpc) is 3.73. The summed E-state index contributed by atoms with van der Waals surface area (Å²) in [4.78, 5) is 38.2. The highest BCUT2D eigenvalue weighted by Crippen LogP contribution is 2.33. The molecule has 3 N–H and O–H groups in total. The van der Waals surface area contributed by atoms with Crippen LogP contribution in [0.2, 0.25) is 0 Å². The molecule has 1 aliphatic carbocycles. The number of carbonyl (C=O) groups excluding carboxylic acids is 3. The summed E-state index contributed by atoms with van der Waals surface area (Å²) in [5.74, 6) is 0.278. The van der Waals surface area contributed by atoms with Crippen LogP contribution in [-0.4, -0.2) is 68.5 Å². The molecule has 1 saturated carbocycles. The second-order valence-electron chi connectivity index (χ2n) is 9.45. The smallest absolute Gasteiger partial charge is 0.240 e. The van der Waals surface area contributed by atoms with Crippen molar-refractivity contribution in [2.24, 2.45) is 5.92 Å². The van der Waals surface area contributed by atoms with Crippen LogP contribution in [0.25, 0.3) is 0 Å². The first-order valence-corrected chi connectivity index (χ1v) is 12.8. The van der Waals surface area contributed by atoms with Crippen LogP contribution in [0.1, 0.15) is 30.4 Å². The monoisotopic (exact) mass is 512 g/mol. The number of fused-ring (bicyclic) bond motifs is 1. The summed E-state index contributed by atoms with van der Waals surface area (Å²) in [6, 6.07) is 14.0. The highest BCUT2D eigenvalue weighted by Gasteiger charge is 2.37. The molecule has 2 aromatic rings. The van der Waals surface area contributed by atoms with Crippen molar-refractivity contribution >= 4 is 17.7 Å². The third-order valence-electron chi connectivity index (χ3n) is 6.22. The minimum Gasteiger partial charge on any atom is -0.492 e. The first-order valence-electron chi connectivity index (χ1n) is 12.8. The summed E-state index contributed by atoms with van der Waals surface area (Å²) >= 11 is 0. The van der Waals surface area contributed by atoms with Crippen molar-refractivity contribution in [3.63, 3.8) is 0 Å². The fraction of sp³-hybridized carbons (Fsp3) is 0.464. The fourth-order valence-electron chi connectivity index (χ4n) is 3.98. The Morgan fingerprint density at radius 1 is 0.946 bits per heavy atom. The van der Waals surface area contributed by atoms with Gasteiger partial charge in [-0.2, -0.15) is 0 Å². The third-order valence-corrected chi connectivity index (χ3v) is 6.22. The first-order chi connectivity index (χ1) is 17.8. The molecule has 200 valence electrons. The molecule has 37 heavy (non-hydrogen) atoms. The molecule has 0 spiro atoms. The maximum Gasteiger partial charge on any atom is 0.240 e. The average molecular weight is 513 g/mol. The Hall–Kier alpha value is -3.46. The minimum absolute atomic E-state index is 0.0686. The van der Waals surface area contributed by atoms with E-state index in [0.29, 0.717) is 25.6 Å². The number of hydrogen-bond donors (Lipinski definition) is 3. The van der Waals surface area contributed by atoms with E-state index in [1.165, 1.54) is 17.0 Å². The molecular weight excluding hydrogens is 475 g/mol. The van der Waals surface area contributed by atoms with Crippen molar-refractivity contribution in [3.8, 4) is 5.75 Å². The molecule has 1 aliphatic heterocycles. The van der Waals surface area contributed by atoms with Crippen molar-refractivity contribution in [1.82, 2.24) is 20.9 Å². The van der Waals surface area contributed by atoms with Crippen molar-refractivity contribution in [2.45, 2.75) is 38.6 Å². The van der Waals surface area contributed by atoms with Gasteiger partial charge >= 0.3 is 0 Å². The molecule has 0 saturated heterocycles. The van der Waals surface area contributed by atoms with Gasteiger partial charge in [-0.15, -0.1) is 0 Å². The van der Waals surface area contributed by atoms with Gasteiger partial charge in [0.25, 0.3) is 0 Å². The molecule has 1 atom stereocenters. The highest BCUT2D eigenvalue weighted by atomic mass is 19.1. The number of para-hydroxylation sites is 1. The summed E-state index contributed by atoms with van der Waals surface area (Å²) in [6.45, 7) is 3.29. The van der Waals surface area contributed by atoms with Gasteiger partial charge in [0.05, 0.1) is 19.1 Å². The van der Waals surface area contributed by atoms with E-state index in [2.05, 4.69) is 16.0 Å². The van der Waals surface area contributed by atoms with Crippen LogP contribution in [0.15, 0.2) is 48.5 Å². The Kier molecular flexibility index (Phi) is 10.9. The molecule has 9 heteroatoms. The van der Waals surface area contributed by atoms with Gasteiger partial charge < -0.3 is 25.6 Å². The van der Waals surface area contributed by atoms with E-state index in [0.717, 1.165) is 42.6 Å². The number of amides is 3. The lowest BCUT2D eigenvalue weighted by atomic mass is 10.1. The van der Waals surface area contributed by atoms with Crippen molar-refractivity contribution in [3.05, 3.63) is 65.5 Å². The topological polar surface area (TPSA) is 99.8 Å². The van der Waals surface area contributed by atoms with Crippen LogP contribution in [-0.2, 0) is 20.8 Å². The molecule has 8 nitrogen and oxygen atoms in total. The van der Waals surface area contributed by atoms with E-state index in [-0.39, 0.29) is 42.7 Å². The molecule has 1 heterocycles. The van der Waals surface area contributed by atoms with Crippen LogP contribution in [0.5, 0.6) is 5.75 Å². The maximum absolute atomic E-state index is 12.8. The largest absolute Gasteiger partial charge is 0.492 e. The zero-order valence-corrected chi connectivity index (χ0v) is 21.6. The number of aryl methyl sites for hydroxylation is 2. The lowest BCUT2D eigenvalue weighted by molar-refractivity contribution is -0.137. The SMILES string of the molecule is CN1CC(=O)NCC(=O)NCCCc2ccccc2OCCNC(C2CC2)C1=O.Cc1ccc(F)cc1. The lowest BCUT2D eigenvalue weighted by Crippen LogP contribution is -2.50. The van der Waals surface area contributed by atoms with Crippen LogP contribution < -0.4 is 20.7 Å². The zero-order valence-electron chi connectivity index (χ0n) is 21.6. The quantitative estimate of drug-likeness (QED) is 0.544. The summed E-state index contributed by atoms with van der Waals surface area (Å²) in [5, 5.41) is 8.69. The molecule has 0 radical (unpaired) electrons. The van der Waals surface area contributed by atoms with Crippen LogP contribution >= 0.6 is 0 Å². The van der Waals surface area contributed by atoms with E-state index in [1.54, 1.807) is 19.2 Å². The summed E-state index contributed by atoms with van der Waals surface area (Å²) < 4.78 is 18.0. The fourth-order valence-corrected chi connectivity index (χ4v) is 3.98. The molecule has 0 aromatic heterocycles. The summed E-state index contributed by atoms with van der Waals surface area (Å²) in [5.41, 5.74) is 2.18. The minimum atomic E-state index is -0.344. The molecule has 0 bridgehead atoms. The number of ether oxygens (including phenoxy) is 1. The van der Waals surface area contributed by atoms with Gasteiger partial charge in [0, 0.05) is 20.1 Å². The van der Waals surface area contributed by atoms with Crippen molar-refractivity contribution in [2.75, 3.05) is 39.8 Å². The number of likely N-dealkylation sites (N-methyl/N-ethyl adjacent to an activating group) is 1. The Bertz CT molecular complexity index is 1020. The second-order valence-corrected chi connectivity index (χ2v) is 9.45. The molecule has 2 aromatic carbocycles. The number of nitrogens with zero attached hydrogens (tertiary/aromatic N) is 1. The predicted molar refractivity (Wildman–Crippen MR) is 140 cm³/mol. The van der Waals surface area contributed by atoms with E-state index in [1.807, 2.05) is 31.2 Å². The zero-order chi connectivity index (χ0) is 26.6.